The van der Waals surface area contributed by atoms with Crippen molar-refractivity contribution < 1.29 is 34.6 Å². The van der Waals surface area contributed by atoms with E-state index in [2.05, 4.69) is 28.6 Å². The van der Waals surface area contributed by atoms with E-state index in [9.17, 15) is 0 Å². The quantitative estimate of drug-likeness (QED) is 0.542. The highest BCUT2D eigenvalue weighted by Crippen LogP contribution is 2.16. The smallest absolute Gasteiger partial charge is 0.128 e. The molecular formula is C7H9BrClNO4. The first-order valence-electron chi connectivity index (χ1n) is 3.40. The van der Waals surface area contributed by atoms with Crippen molar-refractivity contribution in [3.63, 3.8) is 0 Å². The van der Waals surface area contributed by atoms with Gasteiger partial charge in [0, 0.05) is 16.6 Å². The van der Waals surface area contributed by atoms with Crippen LogP contribution in [-0.4, -0.2) is 0 Å². The Kier molecular flexibility index (Phi) is 5.53. The average Bonchev–Trinajstić information content (AvgIpc) is 1.94. The van der Waals surface area contributed by atoms with E-state index in [1.54, 1.807) is 0 Å². The number of hydrogen-bond donors (Lipinski definition) is 1. The molecule has 14 heavy (non-hydrogen) atoms. The summed E-state index contributed by atoms with van der Waals surface area (Å²) >= 11 is 3.40. The third-order valence-corrected chi connectivity index (χ3v) is 2.11. The van der Waals surface area contributed by atoms with Gasteiger partial charge in [-0.25, -0.2) is 18.6 Å². The standard InChI is InChI=1S/C7H8BrN.ClHO4/c1-5-4-6(9)2-3-7(5)8;2-1(3,4)5/h2-4H,9H2,1H3;(H,2,3,4,5). The lowest BCUT2D eigenvalue weighted by atomic mass is 10.2. The summed E-state index contributed by atoms with van der Waals surface area (Å²) in [6.07, 6.45) is 0. The highest BCUT2D eigenvalue weighted by Gasteiger charge is 1.93. The summed E-state index contributed by atoms with van der Waals surface area (Å²) in [5, 5.41) is 0. The Labute approximate surface area is 91.6 Å². The third-order valence-electron chi connectivity index (χ3n) is 1.22. The summed E-state index contributed by atoms with van der Waals surface area (Å²) < 4.78 is 35.1. The van der Waals surface area contributed by atoms with Crippen molar-refractivity contribution in [1.82, 2.24) is 0 Å². The fraction of sp³-hybridized carbons (Fsp3) is 0.143. The molecule has 0 saturated carbocycles. The fourth-order valence-electron chi connectivity index (χ4n) is 0.707. The van der Waals surface area contributed by atoms with Crippen molar-refractivity contribution in [2.24, 2.45) is 0 Å². The van der Waals surface area contributed by atoms with Gasteiger partial charge >= 0.3 is 0 Å². The van der Waals surface area contributed by atoms with Crippen LogP contribution in [0.4, 0.5) is 5.69 Å². The summed E-state index contributed by atoms with van der Waals surface area (Å²) in [7, 11) is -4.94. The van der Waals surface area contributed by atoms with Gasteiger partial charge in [0.05, 0.1) is 0 Å². The zero-order chi connectivity index (χ0) is 11.4. The average molecular weight is 287 g/mol. The molecule has 1 rings (SSSR count). The topological polar surface area (TPSA) is 120 Å². The third kappa shape index (κ3) is 8.39. The summed E-state index contributed by atoms with van der Waals surface area (Å²) in [5.41, 5.74) is 6.11. The molecule has 0 atom stereocenters. The van der Waals surface area contributed by atoms with E-state index in [-0.39, 0.29) is 0 Å². The van der Waals surface area contributed by atoms with Gasteiger partial charge in [-0.1, -0.05) is 15.9 Å². The van der Waals surface area contributed by atoms with Crippen LogP contribution in [0, 0.1) is 17.2 Å². The van der Waals surface area contributed by atoms with E-state index in [1.165, 1.54) is 5.56 Å². The molecule has 80 valence electrons. The van der Waals surface area contributed by atoms with E-state index in [1.807, 2.05) is 18.2 Å². The van der Waals surface area contributed by atoms with Crippen LogP contribution in [0.2, 0.25) is 0 Å². The maximum Gasteiger partial charge on any atom is 0.128 e. The van der Waals surface area contributed by atoms with Gasteiger partial charge in [0.15, 0.2) is 0 Å². The summed E-state index contributed by atoms with van der Waals surface area (Å²) in [6.45, 7) is 2.05. The Bertz CT molecular complexity index is 296. The molecule has 5 nitrogen and oxygen atoms in total. The van der Waals surface area contributed by atoms with Crippen molar-refractivity contribution >= 4 is 21.6 Å². The highest BCUT2D eigenvalue weighted by molar-refractivity contribution is 9.10. The van der Waals surface area contributed by atoms with Gasteiger partial charge < -0.3 is 5.73 Å². The van der Waals surface area contributed by atoms with Crippen molar-refractivity contribution in [3.05, 3.63) is 28.2 Å². The number of hydrogen-bond acceptors (Lipinski definition) is 4. The van der Waals surface area contributed by atoms with Crippen molar-refractivity contribution in [1.29, 1.82) is 0 Å². The Morgan fingerprint density at radius 3 is 1.93 bits per heavy atom. The van der Waals surface area contributed by atoms with Gasteiger partial charge in [0.25, 0.3) is 0 Å². The van der Waals surface area contributed by atoms with E-state index in [0.29, 0.717) is 0 Å². The van der Waals surface area contributed by atoms with E-state index < -0.39 is 10.2 Å². The number of rotatable bonds is 0. The number of aryl methyl sites for hydroxylation is 1. The van der Waals surface area contributed by atoms with E-state index in [0.717, 1.165) is 10.2 Å². The minimum absolute atomic E-state index is 1.07. The molecule has 0 aliphatic carbocycles. The van der Waals surface area contributed by atoms with Gasteiger partial charge in [-0.2, -0.15) is 0 Å². The van der Waals surface area contributed by atoms with Crippen molar-refractivity contribution in [3.8, 4) is 0 Å². The van der Waals surface area contributed by atoms with Crippen LogP contribution in [0.3, 0.4) is 0 Å². The van der Waals surface area contributed by atoms with Crippen LogP contribution in [0.5, 0.6) is 0 Å². The highest BCUT2D eigenvalue weighted by atomic mass is 79.9. The maximum absolute atomic E-state index is 8.49. The minimum Gasteiger partial charge on any atom is -0.325 e. The van der Waals surface area contributed by atoms with Gasteiger partial charge in [-0.15, -0.1) is 10.2 Å². The lowest BCUT2D eigenvalue weighted by Gasteiger charge is -2.17. The molecular weight excluding hydrogens is 277 g/mol. The molecule has 0 radical (unpaired) electrons. The Morgan fingerprint density at radius 1 is 1.21 bits per heavy atom. The monoisotopic (exact) mass is 285 g/mol. The van der Waals surface area contributed by atoms with E-state index in [4.69, 9.17) is 18.6 Å². The van der Waals surface area contributed by atoms with Gasteiger partial charge in [0.1, 0.15) is 5.69 Å². The molecule has 0 spiro atoms. The van der Waals surface area contributed by atoms with Gasteiger partial charge in [-0.05, 0) is 18.6 Å². The van der Waals surface area contributed by atoms with Crippen LogP contribution >= 0.6 is 15.9 Å². The molecule has 1 aromatic rings. The molecule has 0 fully saturated rings. The molecule has 0 aliphatic rings. The largest absolute Gasteiger partial charge is 0.325 e. The summed E-state index contributed by atoms with van der Waals surface area (Å²) in [6, 6.07) is 6.04. The van der Waals surface area contributed by atoms with Gasteiger partial charge in [0.2, 0.25) is 0 Å². The second-order valence-corrected chi connectivity index (χ2v) is 4.07. The molecule has 3 N–H and O–H groups in total. The van der Waals surface area contributed by atoms with Crippen molar-refractivity contribution in [2.45, 2.75) is 6.92 Å². The predicted molar refractivity (Wildman–Crippen MR) is 41.4 cm³/mol. The lowest BCUT2D eigenvalue weighted by Crippen LogP contribution is -2.68. The van der Waals surface area contributed by atoms with Crippen LogP contribution in [0.15, 0.2) is 22.7 Å². The normalized spacial score (nSPS) is 10.5. The first kappa shape index (κ1) is 13.8. The number of halogens is 2. The second kappa shape index (κ2) is 5.62. The molecule has 1 aromatic carbocycles. The van der Waals surface area contributed by atoms with Crippen molar-refractivity contribution in [2.75, 3.05) is 0 Å². The Morgan fingerprint density at radius 2 is 1.64 bits per heavy atom. The zero-order valence-electron chi connectivity index (χ0n) is 7.33. The molecule has 7 heteroatoms. The van der Waals surface area contributed by atoms with Gasteiger partial charge in [-0.3, -0.25) is 0 Å². The second-order valence-electron chi connectivity index (χ2n) is 2.46. The lowest BCUT2D eigenvalue weighted by molar-refractivity contribution is -2.00. The SMILES string of the molecule is Cc1cc([NH3+])ccc1Br.[O-][Cl+3]([O-])([O-])[O-]. The molecule has 0 aromatic heterocycles. The maximum atomic E-state index is 8.49. The number of quaternary nitrogens is 1. The van der Waals surface area contributed by atoms with Crippen LogP contribution in [0.25, 0.3) is 0 Å². The summed E-state index contributed by atoms with van der Waals surface area (Å²) in [4.78, 5) is 0. The van der Waals surface area contributed by atoms with Crippen LogP contribution in [0.1, 0.15) is 5.56 Å². The van der Waals surface area contributed by atoms with Crippen LogP contribution in [-0.2, 0) is 0 Å². The molecule has 0 bridgehead atoms. The van der Waals surface area contributed by atoms with Crippen LogP contribution < -0.4 is 24.4 Å². The zero-order valence-corrected chi connectivity index (χ0v) is 9.67. The summed E-state index contributed by atoms with van der Waals surface area (Å²) in [5.74, 6) is 0. The number of benzene rings is 1. The molecule has 0 heterocycles. The minimum atomic E-state index is -4.94. The molecule has 0 amide bonds. The van der Waals surface area contributed by atoms with E-state index >= 15 is 0 Å². The molecule has 0 saturated heterocycles. The fourth-order valence-corrected chi connectivity index (χ4v) is 0.953. The Hall–Kier alpha value is -0.210. The first-order valence-corrected chi connectivity index (χ1v) is 5.43. The Balaban J connectivity index is 0.000000292. The molecule has 0 aliphatic heterocycles. The first-order chi connectivity index (χ1) is 6.20. The molecule has 0 unspecified atom stereocenters. The predicted octanol–water partition coefficient (Wildman–Crippen LogP) is -3.13.